The molecule has 17 heavy (non-hydrogen) atoms. The van der Waals surface area contributed by atoms with Crippen molar-refractivity contribution in [1.29, 1.82) is 0 Å². The molecular formula is C12H20BrN3S. The first-order valence-corrected chi connectivity index (χ1v) is 8.07. The summed E-state index contributed by atoms with van der Waals surface area (Å²) in [5.74, 6) is 0.989. The molecule has 96 valence electrons. The molecule has 5 heteroatoms. The zero-order chi connectivity index (χ0) is 12.3. The maximum Gasteiger partial charge on any atom is 0.0698 e. The Morgan fingerprint density at radius 2 is 2.24 bits per heavy atom. The van der Waals surface area contributed by atoms with Gasteiger partial charge < -0.3 is 5.73 Å². The fourth-order valence-electron chi connectivity index (χ4n) is 2.39. The topological polar surface area (TPSA) is 43.8 Å². The third kappa shape index (κ3) is 3.48. The summed E-state index contributed by atoms with van der Waals surface area (Å²) in [6, 6.07) is 0.0730. The Morgan fingerprint density at radius 1 is 1.53 bits per heavy atom. The van der Waals surface area contributed by atoms with Crippen LogP contribution in [0.15, 0.2) is 10.7 Å². The number of nitrogens with two attached hydrogens (primary N) is 1. The molecule has 1 aromatic rings. The largest absolute Gasteiger partial charge is 0.322 e. The zero-order valence-electron chi connectivity index (χ0n) is 10.2. The van der Waals surface area contributed by atoms with Gasteiger partial charge in [0.25, 0.3) is 0 Å². The molecule has 0 saturated heterocycles. The first-order valence-electron chi connectivity index (χ1n) is 6.23. The van der Waals surface area contributed by atoms with Crippen molar-refractivity contribution in [2.24, 2.45) is 12.8 Å². The molecule has 2 rings (SSSR count). The zero-order valence-corrected chi connectivity index (χ0v) is 12.6. The van der Waals surface area contributed by atoms with Crippen molar-refractivity contribution in [3.8, 4) is 0 Å². The SMILES string of the molecule is Cn1ncc(Br)c1C(N)CSC1CCCCC1. The number of nitrogens with zero attached hydrogens (tertiary/aromatic N) is 2. The molecular weight excluding hydrogens is 298 g/mol. The van der Waals surface area contributed by atoms with E-state index in [9.17, 15) is 0 Å². The molecule has 1 unspecified atom stereocenters. The Morgan fingerprint density at radius 3 is 2.82 bits per heavy atom. The first-order chi connectivity index (χ1) is 8.18. The molecule has 1 heterocycles. The lowest BCUT2D eigenvalue weighted by molar-refractivity contribution is 0.515. The highest BCUT2D eigenvalue weighted by Crippen LogP contribution is 2.31. The van der Waals surface area contributed by atoms with E-state index >= 15 is 0 Å². The van der Waals surface area contributed by atoms with E-state index in [1.54, 1.807) is 0 Å². The maximum atomic E-state index is 6.25. The Labute approximate surface area is 116 Å². The molecule has 3 nitrogen and oxygen atoms in total. The molecule has 1 aromatic heterocycles. The lowest BCUT2D eigenvalue weighted by Gasteiger charge is -2.22. The molecule has 1 fully saturated rings. The molecule has 0 aliphatic heterocycles. The van der Waals surface area contributed by atoms with Gasteiger partial charge in [-0.3, -0.25) is 4.68 Å². The van der Waals surface area contributed by atoms with E-state index in [2.05, 4.69) is 21.0 Å². The standard InChI is InChI=1S/C12H20BrN3S/c1-16-12(10(13)7-15-16)11(14)8-17-9-5-3-2-4-6-9/h7,9,11H,2-6,8,14H2,1H3. The van der Waals surface area contributed by atoms with Crippen molar-refractivity contribution in [3.05, 3.63) is 16.4 Å². The van der Waals surface area contributed by atoms with Gasteiger partial charge in [0.1, 0.15) is 0 Å². The molecule has 0 amide bonds. The maximum absolute atomic E-state index is 6.25. The predicted octanol–water partition coefficient (Wildman–Crippen LogP) is 3.25. The van der Waals surface area contributed by atoms with Gasteiger partial charge in [0, 0.05) is 18.1 Å². The molecule has 0 aromatic carbocycles. The number of aromatic nitrogens is 2. The van der Waals surface area contributed by atoms with Gasteiger partial charge in [-0.25, -0.2) is 0 Å². The highest BCUT2D eigenvalue weighted by Gasteiger charge is 2.19. The van der Waals surface area contributed by atoms with Crippen LogP contribution in [0.3, 0.4) is 0 Å². The predicted molar refractivity (Wildman–Crippen MR) is 77.2 cm³/mol. The molecule has 1 saturated carbocycles. The summed E-state index contributed by atoms with van der Waals surface area (Å²) in [6.45, 7) is 0. The van der Waals surface area contributed by atoms with E-state index in [-0.39, 0.29) is 6.04 Å². The van der Waals surface area contributed by atoms with Crippen LogP contribution in [-0.2, 0) is 7.05 Å². The highest BCUT2D eigenvalue weighted by atomic mass is 79.9. The number of hydrogen-bond acceptors (Lipinski definition) is 3. The third-order valence-electron chi connectivity index (χ3n) is 3.35. The lowest BCUT2D eigenvalue weighted by atomic mass is 10.0. The van der Waals surface area contributed by atoms with Crippen molar-refractivity contribution >= 4 is 27.7 Å². The van der Waals surface area contributed by atoms with Gasteiger partial charge in [-0.05, 0) is 28.8 Å². The minimum Gasteiger partial charge on any atom is -0.322 e. The van der Waals surface area contributed by atoms with Crippen LogP contribution in [0.25, 0.3) is 0 Å². The Bertz CT molecular complexity index is 341. The summed E-state index contributed by atoms with van der Waals surface area (Å²) in [7, 11) is 1.95. The van der Waals surface area contributed by atoms with Gasteiger partial charge in [0.15, 0.2) is 0 Å². The molecule has 2 N–H and O–H groups in total. The van der Waals surface area contributed by atoms with Crippen molar-refractivity contribution in [3.63, 3.8) is 0 Å². The minimum absolute atomic E-state index is 0.0730. The summed E-state index contributed by atoms with van der Waals surface area (Å²) >= 11 is 5.55. The van der Waals surface area contributed by atoms with E-state index in [1.165, 1.54) is 32.1 Å². The van der Waals surface area contributed by atoms with E-state index < -0.39 is 0 Å². The lowest BCUT2D eigenvalue weighted by Crippen LogP contribution is -2.20. The van der Waals surface area contributed by atoms with Crippen molar-refractivity contribution in [1.82, 2.24) is 9.78 Å². The summed E-state index contributed by atoms with van der Waals surface area (Å²) in [5, 5.41) is 5.03. The van der Waals surface area contributed by atoms with E-state index in [4.69, 9.17) is 5.73 Å². The molecule has 0 radical (unpaired) electrons. The molecule has 1 aliphatic rings. The average molecular weight is 318 g/mol. The van der Waals surface area contributed by atoms with Crippen LogP contribution in [-0.4, -0.2) is 20.8 Å². The fraction of sp³-hybridized carbons (Fsp3) is 0.750. The monoisotopic (exact) mass is 317 g/mol. The fourth-order valence-corrected chi connectivity index (χ4v) is 4.33. The number of aryl methyl sites for hydroxylation is 1. The number of hydrogen-bond donors (Lipinski definition) is 1. The normalized spacial score (nSPS) is 19.5. The van der Waals surface area contributed by atoms with E-state index in [0.29, 0.717) is 0 Å². The van der Waals surface area contributed by atoms with Crippen LogP contribution in [0.4, 0.5) is 0 Å². The van der Waals surface area contributed by atoms with Crippen molar-refractivity contribution in [2.45, 2.75) is 43.4 Å². The van der Waals surface area contributed by atoms with E-state index in [1.807, 2.05) is 29.7 Å². The second-order valence-corrected chi connectivity index (χ2v) is 6.89. The van der Waals surface area contributed by atoms with Crippen molar-refractivity contribution in [2.75, 3.05) is 5.75 Å². The summed E-state index contributed by atoms with van der Waals surface area (Å²) in [5.41, 5.74) is 7.35. The van der Waals surface area contributed by atoms with Gasteiger partial charge in [0.05, 0.1) is 22.4 Å². The molecule has 1 atom stereocenters. The third-order valence-corrected chi connectivity index (χ3v) is 5.46. The first kappa shape index (κ1) is 13.4. The van der Waals surface area contributed by atoms with Gasteiger partial charge in [0.2, 0.25) is 0 Å². The average Bonchev–Trinajstić information content (AvgIpc) is 2.67. The van der Waals surface area contributed by atoms with Crippen LogP contribution in [0.5, 0.6) is 0 Å². The summed E-state index contributed by atoms with van der Waals surface area (Å²) in [6.07, 6.45) is 8.75. The molecule has 0 bridgehead atoms. The van der Waals surface area contributed by atoms with Crippen LogP contribution < -0.4 is 5.73 Å². The van der Waals surface area contributed by atoms with Gasteiger partial charge in [-0.1, -0.05) is 19.3 Å². The number of halogens is 1. The van der Waals surface area contributed by atoms with Crippen LogP contribution in [0, 0.1) is 0 Å². The second kappa shape index (κ2) is 6.25. The second-order valence-electron chi connectivity index (χ2n) is 4.70. The minimum atomic E-state index is 0.0730. The Balaban J connectivity index is 1.86. The van der Waals surface area contributed by atoms with Gasteiger partial charge in [-0.15, -0.1) is 0 Å². The smallest absolute Gasteiger partial charge is 0.0698 e. The quantitative estimate of drug-likeness (QED) is 0.927. The van der Waals surface area contributed by atoms with Gasteiger partial charge in [-0.2, -0.15) is 16.9 Å². The highest BCUT2D eigenvalue weighted by molar-refractivity contribution is 9.10. The number of thioether (sulfide) groups is 1. The van der Waals surface area contributed by atoms with Crippen LogP contribution in [0.2, 0.25) is 0 Å². The molecule has 0 spiro atoms. The van der Waals surface area contributed by atoms with Crippen LogP contribution in [0.1, 0.15) is 43.8 Å². The van der Waals surface area contributed by atoms with Crippen molar-refractivity contribution < 1.29 is 0 Å². The number of rotatable bonds is 4. The summed E-state index contributed by atoms with van der Waals surface area (Å²) < 4.78 is 2.90. The molecule has 1 aliphatic carbocycles. The Hall–Kier alpha value is -0.0000000000000000555. The van der Waals surface area contributed by atoms with Crippen LogP contribution >= 0.6 is 27.7 Å². The van der Waals surface area contributed by atoms with Gasteiger partial charge >= 0.3 is 0 Å². The summed E-state index contributed by atoms with van der Waals surface area (Å²) in [4.78, 5) is 0. The Kier molecular flexibility index (Phi) is 4.94. The van der Waals surface area contributed by atoms with E-state index in [0.717, 1.165) is 21.2 Å².